The highest BCUT2D eigenvalue weighted by Gasteiger charge is 2.37. The Bertz CT molecular complexity index is 410. The molecule has 0 aromatic rings. The first kappa shape index (κ1) is 13.8. The minimum atomic E-state index is -0.445. The van der Waals surface area contributed by atoms with Crippen molar-refractivity contribution >= 4 is 17.8 Å². The zero-order valence-corrected chi connectivity index (χ0v) is 11.2. The predicted octanol–water partition coefficient (Wildman–Crippen LogP) is -0.890. The molecule has 1 N–H and O–H groups in total. The van der Waals surface area contributed by atoms with E-state index in [0.717, 1.165) is 11.3 Å². The Kier molecular flexibility index (Phi) is 3.75. The van der Waals surface area contributed by atoms with E-state index >= 15 is 0 Å². The summed E-state index contributed by atoms with van der Waals surface area (Å²) in [5, 5.41) is 9.49. The van der Waals surface area contributed by atoms with E-state index in [-0.39, 0.29) is 30.8 Å². The van der Waals surface area contributed by atoms with E-state index in [1.807, 2.05) is 0 Å². The molecule has 7 nitrogen and oxygen atoms in total. The van der Waals surface area contributed by atoms with Crippen LogP contribution < -0.4 is 0 Å². The molecule has 2 unspecified atom stereocenters. The molecule has 2 heterocycles. The molecular weight excluding hydrogens is 250 g/mol. The SMILES string of the molecule is CC(O)C1CCN(C(=O)CN2C(=O)CN(C)C2=O)C1. The third kappa shape index (κ3) is 2.70. The van der Waals surface area contributed by atoms with Gasteiger partial charge in [0.15, 0.2) is 0 Å². The molecule has 2 rings (SSSR count). The molecule has 0 aromatic heterocycles. The minimum Gasteiger partial charge on any atom is -0.393 e. The number of carbonyl (C=O) groups excluding carboxylic acids is 3. The van der Waals surface area contributed by atoms with Crippen molar-refractivity contribution in [3.05, 3.63) is 0 Å². The monoisotopic (exact) mass is 269 g/mol. The van der Waals surface area contributed by atoms with Crippen LogP contribution in [0, 0.1) is 5.92 Å². The van der Waals surface area contributed by atoms with Gasteiger partial charge in [-0.05, 0) is 13.3 Å². The Morgan fingerprint density at radius 2 is 2.16 bits per heavy atom. The third-order valence-electron chi connectivity index (χ3n) is 3.78. The second-order valence-electron chi connectivity index (χ2n) is 5.25. The lowest BCUT2D eigenvalue weighted by Gasteiger charge is -2.20. The van der Waals surface area contributed by atoms with Crippen molar-refractivity contribution in [1.29, 1.82) is 0 Å². The lowest BCUT2D eigenvalue weighted by atomic mass is 10.0. The van der Waals surface area contributed by atoms with Gasteiger partial charge in [-0.15, -0.1) is 0 Å². The van der Waals surface area contributed by atoms with Crippen LogP contribution in [0.5, 0.6) is 0 Å². The summed E-state index contributed by atoms with van der Waals surface area (Å²) in [6, 6.07) is -0.426. The molecule has 0 saturated carbocycles. The highest BCUT2D eigenvalue weighted by molar-refractivity contribution is 6.04. The molecule has 2 atom stereocenters. The topological polar surface area (TPSA) is 81.2 Å². The Morgan fingerprint density at radius 1 is 1.47 bits per heavy atom. The molecule has 7 heteroatoms. The van der Waals surface area contributed by atoms with Crippen molar-refractivity contribution < 1.29 is 19.5 Å². The molecule has 0 aliphatic carbocycles. The van der Waals surface area contributed by atoms with Gasteiger partial charge in [-0.2, -0.15) is 0 Å². The summed E-state index contributed by atoms with van der Waals surface area (Å²) in [5.41, 5.74) is 0. The number of likely N-dealkylation sites (N-methyl/N-ethyl adjacent to an activating group) is 1. The summed E-state index contributed by atoms with van der Waals surface area (Å²) >= 11 is 0. The van der Waals surface area contributed by atoms with Gasteiger partial charge in [-0.3, -0.25) is 14.5 Å². The van der Waals surface area contributed by atoms with Crippen molar-refractivity contribution in [2.75, 3.05) is 33.2 Å². The van der Waals surface area contributed by atoms with Crippen molar-refractivity contribution in [2.24, 2.45) is 5.92 Å². The fraction of sp³-hybridized carbons (Fsp3) is 0.750. The molecule has 0 bridgehead atoms. The summed E-state index contributed by atoms with van der Waals surface area (Å²) in [6.07, 6.45) is 0.310. The first-order chi connectivity index (χ1) is 8.90. The number of hydrogen-bond donors (Lipinski definition) is 1. The van der Waals surface area contributed by atoms with Gasteiger partial charge in [0.2, 0.25) is 5.91 Å². The second-order valence-corrected chi connectivity index (χ2v) is 5.25. The minimum absolute atomic E-state index is 0.0302. The van der Waals surface area contributed by atoms with E-state index in [4.69, 9.17) is 0 Å². The van der Waals surface area contributed by atoms with Crippen molar-refractivity contribution in [2.45, 2.75) is 19.4 Å². The maximum Gasteiger partial charge on any atom is 0.327 e. The van der Waals surface area contributed by atoms with Gasteiger partial charge in [-0.1, -0.05) is 0 Å². The van der Waals surface area contributed by atoms with E-state index in [1.165, 1.54) is 11.9 Å². The van der Waals surface area contributed by atoms with Gasteiger partial charge in [0.1, 0.15) is 13.1 Å². The average Bonchev–Trinajstić information content (AvgIpc) is 2.91. The number of aliphatic hydroxyl groups is 1. The molecular formula is C12H19N3O4. The smallest absolute Gasteiger partial charge is 0.327 e. The van der Waals surface area contributed by atoms with Crippen LogP contribution in [0.3, 0.4) is 0 Å². The third-order valence-corrected chi connectivity index (χ3v) is 3.78. The van der Waals surface area contributed by atoms with E-state index in [9.17, 15) is 19.5 Å². The average molecular weight is 269 g/mol. The standard InChI is InChI=1S/C12H19N3O4/c1-8(16)9-3-4-14(5-9)10(17)7-15-11(18)6-13(2)12(15)19/h8-9,16H,3-7H2,1-2H3. The van der Waals surface area contributed by atoms with E-state index in [1.54, 1.807) is 11.8 Å². The summed E-state index contributed by atoms with van der Waals surface area (Å²) in [4.78, 5) is 39.2. The molecule has 0 aromatic carbocycles. The summed E-state index contributed by atoms with van der Waals surface area (Å²) in [7, 11) is 1.53. The van der Waals surface area contributed by atoms with Gasteiger partial charge >= 0.3 is 6.03 Å². The zero-order valence-electron chi connectivity index (χ0n) is 11.2. The number of amides is 4. The van der Waals surface area contributed by atoms with E-state index in [0.29, 0.717) is 13.1 Å². The quantitative estimate of drug-likeness (QED) is 0.674. The van der Waals surface area contributed by atoms with E-state index in [2.05, 4.69) is 0 Å². The second kappa shape index (κ2) is 5.16. The number of imide groups is 1. The van der Waals surface area contributed by atoms with Crippen LogP contribution in [-0.4, -0.2) is 77.0 Å². The van der Waals surface area contributed by atoms with Crippen LogP contribution in [0.25, 0.3) is 0 Å². The number of urea groups is 1. The number of carbonyl (C=O) groups is 3. The van der Waals surface area contributed by atoms with Gasteiger partial charge in [-0.25, -0.2) is 4.79 Å². The van der Waals surface area contributed by atoms with Gasteiger partial charge in [0, 0.05) is 26.1 Å². The van der Waals surface area contributed by atoms with Gasteiger partial charge < -0.3 is 14.9 Å². The Balaban J connectivity index is 1.92. The fourth-order valence-electron chi connectivity index (χ4n) is 2.47. The molecule has 2 saturated heterocycles. The number of nitrogens with zero attached hydrogens (tertiary/aromatic N) is 3. The lowest BCUT2D eigenvalue weighted by molar-refractivity contribution is -0.136. The number of hydrogen-bond acceptors (Lipinski definition) is 4. The van der Waals surface area contributed by atoms with Crippen LogP contribution in [-0.2, 0) is 9.59 Å². The van der Waals surface area contributed by atoms with Crippen LogP contribution in [0.15, 0.2) is 0 Å². The highest BCUT2D eigenvalue weighted by atomic mass is 16.3. The molecule has 0 spiro atoms. The largest absolute Gasteiger partial charge is 0.393 e. The van der Waals surface area contributed by atoms with Crippen molar-refractivity contribution in [3.8, 4) is 0 Å². The predicted molar refractivity (Wildman–Crippen MR) is 66.1 cm³/mol. The lowest BCUT2D eigenvalue weighted by Crippen LogP contribution is -2.42. The highest BCUT2D eigenvalue weighted by Crippen LogP contribution is 2.20. The first-order valence-electron chi connectivity index (χ1n) is 6.41. The Hall–Kier alpha value is -1.63. The molecule has 2 aliphatic heterocycles. The molecule has 2 aliphatic rings. The number of aliphatic hydroxyl groups excluding tert-OH is 1. The maximum atomic E-state index is 12.0. The van der Waals surface area contributed by atoms with Gasteiger partial charge in [0.05, 0.1) is 6.10 Å². The van der Waals surface area contributed by atoms with Crippen LogP contribution >= 0.6 is 0 Å². The van der Waals surface area contributed by atoms with Crippen LogP contribution in [0.4, 0.5) is 4.79 Å². The number of rotatable bonds is 3. The number of likely N-dealkylation sites (tertiary alicyclic amines) is 1. The molecule has 2 fully saturated rings. The summed E-state index contributed by atoms with van der Waals surface area (Å²) in [5.74, 6) is -0.496. The Morgan fingerprint density at radius 3 is 2.63 bits per heavy atom. The zero-order chi connectivity index (χ0) is 14.2. The molecule has 0 radical (unpaired) electrons. The normalized spacial score (nSPS) is 25.4. The first-order valence-corrected chi connectivity index (χ1v) is 6.41. The molecule has 106 valence electrons. The van der Waals surface area contributed by atoms with Gasteiger partial charge in [0.25, 0.3) is 5.91 Å². The Labute approximate surface area is 111 Å². The summed E-state index contributed by atoms with van der Waals surface area (Å²) < 4.78 is 0. The maximum absolute atomic E-state index is 12.0. The summed E-state index contributed by atoms with van der Waals surface area (Å²) in [6.45, 7) is 2.60. The molecule has 4 amide bonds. The van der Waals surface area contributed by atoms with E-state index < -0.39 is 12.1 Å². The van der Waals surface area contributed by atoms with Crippen molar-refractivity contribution in [1.82, 2.24) is 14.7 Å². The van der Waals surface area contributed by atoms with Crippen LogP contribution in [0.1, 0.15) is 13.3 Å². The molecule has 19 heavy (non-hydrogen) atoms. The fourth-order valence-corrected chi connectivity index (χ4v) is 2.47. The van der Waals surface area contributed by atoms with Crippen LogP contribution in [0.2, 0.25) is 0 Å². The van der Waals surface area contributed by atoms with Crippen molar-refractivity contribution in [3.63, 3.8) is 0 Å².